The third-order valence-corrected chi connectivity index (χ3v) is 6.05. The standard InChI is InChI=1S/C23H38N10O3/c1-5-6-8-23(25,26)9-10-27-20(35)17-15(31-36-32-17)12-28-18-16(24)19(33-11-7-14(34)13-33)30-21(29-18)22(2,3)4/h1,14-15,31,34H,6-13,24-26H2,2-4H3,(H,27,35)(H,28,29,30). The number of aliphatic hydroxyl groups excluding tert-OH is 1. The topological polar surface area (TPSA) is 202 Å². The summed E-state index contributed by atoms with van der Waals surface area (Å²) in [5.41, 5.74) is 20.4. The Balaban J connectivity index is 1.66. The first-order valence-electron chi connectivity index (χ1n) is 12.0. The number of rotatable bonds is 10. The minimum atomic E-state index is -0.967. The van der Waals surface area contributed by atoms with Gasteiger partial charge in [-0.15, -0.1) is 17.8 Å². The molecule has 1 aromatic heterocycles. The van der Waals surface area contributed by atoms with Crippen LogP contribution in [0.25, 0.3) is 0 Å². The van der Waals surface area contributed by atoms with E-state index in [9.17, 15) is 9.90 Å². The van der Waals surface area contributed by atoms with Gasteiger partial charge >= 0.3 is 0 Å². The predicted octanol–water partition coefficient (Wildman–Crippen LogP) is -0.868. The molecule has 0 aliphatic carbocycles. The molecule has 3 rings (SSSR count). The molecule has 1 aromatic rings. The lowest BCUT2D eigenvalue weighted by Crippen LogP contribution is -2.52. The molecule has 1 amide bonds. The summed E-state index contributed by atoms with van der Waals surface area (Å²) in [6.07, 6.45) is 6.75. The summed E-state index contributed by atoms with van der Waals surface area (Å²) in [7, 11) is 0. The summed E-state index contributed by atoms with van der Waals surface area (Å²) in [4.78, 5) is 29.0. The highest BCUT2D eigenvalue weighted by atomic mass is 16.8. The van der Waals surface area contributed by atoms with Crippen LogP contribution in [-0.4, -0.2) is 70.7 Å². The average Bonchev–Trinajstić information content (AvgIpc) is 3.45. The van der Waals surface area contributed by atoms with Crippen LogP contribution < -0.4 is 38.2 Å². The molecule has 0 radical (unpaired) electrons. The molecule has 198 valence electrons. The van der Waals surface area contributed by atoms with Crippen LogP contribution >= 0.6 is 0 Å². The summed E-state index contributed by atoms with van der Waals surface area (Å²) in [5.74, 6) is 3.72. The molecular weight excluding hydrogens is 464 g/mol. The van der Waals surface area contributed by atoms with Gasteiger partial charge in [-0.05, 0) is 19.3 Å². The number of hydrogen-bond acceptors (Lipinski definition) is 12. The molecule has 10 N–H and O–H groups in total. The lowest BCUT2D eigenvalue weighted by Gasteiger charge is -2.25. The number of hydrogen-bond donors (Lipinski definition) is 7. The van der Waals surface area contributed by atoms with Crippen molar-refractivity contribution in [1.82, 2.24) is 20.8 Å². The quantitative estimate of drug-likeness (QED) is 0.155. The number of oxime groups is 1. The first kappa shape index (κ1) is 27.4. The van der Waals surface area contributed by atoms with E-state index >= 15 is 0 Å². The fourth-order valence-electron chi connectivity index (χ4n) is 3.83. The van der Waals surface area contributed by atoms with Crippen molar-refractivity contribution >= 4 is 28.9 Å². The second-order valence-electron chi connectivity index (χ2n) is 10.3. The Bertz CT molecular complexity index is 1010. The first-order valence-corrected chi connectivity index (χ1v) is 12.0. The summed E-state index contributed by atoms with van der Waals surface area (Å²) in [5, 5.41) is 19.8. The molecule has 13 nitrogen and oxygen atoms in total. The molecule has 36 heavy (non-hydrogen) atoms. The third kappa shape index (κ3) is 6.94. The molecule has 13 heteroatoms. The SMILES string of the molecule is C#CCCC(N)(N)CCNC(=O)C1=NONC1CNc1nc(C(C)(C)C)nc(N2CCC(O)C2)c1N. The van der Waals surface area contributed by atoms with Crippen molar-refractivity contribution in [2.75, 3.05) is 42.1 Å². The number of amides is 1. The van der Waals surface area contributed by atoms with Crippen molar-refractivity contribution in [3.8, 4) is 12.3 Å². The van der Waals surface area contributed by atoms with E-state index in [4.69, 9.17) is 33.5 Å². The van der Waals surface area contributed by atoms with E-state index in [0.717, 1.165) is 0 Å². The second-order valence-corrected chi connectivity index (χ2v) is 10.3. The van der Waals surface area contributed by atoms with Crippen molar-refractivity contribution in [3.05, 3.63) is 5.82 Å². The van der Waals surface area contributed by atoms with Crippen LogP contribution in [0.15, 0.2) is 5.16 Å². The van der Waals surface area contributed by atoms with Crippen LogP contribution in [0.5, 0.6) is 0 Å². The molecule has 0 aromatic carbocycles. The van der Waals surface area contributed by atoms with Crippen LogP contribution in [0.3, 0.4) is 0 Å². The molecule has 0 bridgehead atoms. The van der Waals surface area contributed by atoms with Crippen molar-refractivity contribution in [2.24, 2.45) is 16.6 Å². The molecule has 1 fully saturated rings. The van der Waals surface area contributed by atoms with Crippen LogP contribution in [-0.2, 0) is 15.1 Å². The monoisotopic (exact) mass is 502 g/mol. The zero-order valence-corrected chi connectivity index (χ0v) is 21.2. The number of nitrogen functional groups attached to an aromatic ring is 1. The molecule has 0 spiro atoms. The van der Waals surface area contributed by atoms with Crippen molar-refractivity contribution < 1.29 is 14.8 Å². The lowest BCUT2D eigenvalue weighted by atomic mass is 9.95. The molecule has 2 atom stereocenters. The zero-order chi connectivity index (χ0) is 26.5. The van der Waals surface area contributed by atoms with Crippen LogP contribution in [0.2, 0.25) is 0 Å². The van der Waals surface area contributed by atoms with Gasteiger partial charge in [0.2, 0.25) is 0 Å². The fraction of sp³-hybridized carbons (Fsp3) is 0.652. The first-order chi connectivity index (χ1) is 16.9. The highest BCUT2D eigenvalue weighted by Crippen LogP contribution is 2.33. The van der Waals surface area contributed by atoms with Gasteiger partial charge in [0, 0.05) is 38.0 Å². The summed E-state index contributed by atoms with van der Waals surface area (Å²) >= 11 is 0. The lowest BCUT2D eigenvalue weighted by molar-refractivity contribution is -0.115. The average molecular weight is 503 g/mol. The molecule has 1 saturated heterocycles. The minimum absolute atomic E-state index is 0.164. The Morgan fingerprint density at radius 1 is 1.33 bits per heavy atom. The van der Waals surface area contributed by atoms with Crippen LogP contribution in [0.4, 0.5) is 17.3 Å². The Labute approximate surface area is 211 Å². The van der Waals surface area contributed by atoms with Gasteiger partial charge in [0.25, 0.3) is 5.91 Å². The fourth-order valence-corrected chi connectivity index (χ4v) is 3.83. The normalized spacial score (nSPS) is 20.0. The van der Waals surface area contributed by atoms with E-state index in [2.05, 4.69) is 32.2 Å². The number of β-amino-alcohol motifs (C(OH)–C–C–N with tert-alkyl or cyclic N) is 1. The number of nitrogens with two attached hydrogens (primary N) is 3. The number of terminal acetylenes is 1. The molecule has 0 saturated carbocycles. The summed E-state index contributed by atoms with van der Waals surface area (Å²) in [6, 6.07) is -0.559. The van der Waals surface area contributed by atoms with Crippen molar-refractivity contribution in [2.45, 2.75) is 69.7 Å². The number of aliphatic hydroxyl groups is 1. The Morgan fingerprint density at radius 2 is 2.08 bits per heavy atom. The number of carbonyl (C=O) groups is 1. The molecule has 2 aliphatic rings. The van der Waals surface area contributed by atoms with E-state index in [1.807, 2.05) is 25.7 Å². The van der Waals surface area contributed by atoms with Gasteiger partial charge in [-0.2, -0.15) is 0 Å². The summed E-state index contributed by atoms with van der Waals surface area (Å²) < 4.78 is 0. The van der Waals surface area contributed by atoms with E-state index in [-0.39, 0.29) is 24.2 Å². The van der Waals surface area contributed by atoms with Gasteiger partial charge in [0.1, 0.15) is 17.6 Å². The predicted molar refractivity (Wildman–Crippen MR) is 139 cm³/mol. The van der Waals surface area contributed by atoms with Gasteiger partial charge in [0.15, 0.2) is 17.3 Å². The number of aromatic nitrogens is 2. The maximum absolute atomic E-state index is 12.7. The van der Waals surface area contributed by atoms with E-state index in [1.54, 1.807) is 0 Å². The minimum Gasteiger partial charge on any atom is -0.393 e. The van der Waals surface area contributed by atoms with Crippen LogP contribution in [0.1, 0.15) is 52.3 Å². The van der Waals surface area contributed by atoms with Gasteiger partial charge in [-0.25, -0.2) is 9.97 Å². The Morgan fingerprint density at radius 3 is 2.72 bits per heavy atom. The second kappa shape index (κ2) is 11.3. The van der Waals surface area contributed by atoms with E-state index in [0.29, 0.717) is 61.9 Å². The smallest absolute Gasteiger partial charge is 0.271 e. The Hall–Kier alpha value is -3.18. The number of anilines is 3. The highest BCUT2D eigenvalue weighted by molar-refractivity contribution is 6.41. The largest absolute Gasteiger partial charge is 0.393 e. The molecule has 3 heterocycles. The zero-order valence-electron chi connectivity index (χ0n) is 21.2. The maximum Gasteiger partial charge on any atom is 0.271 e. The van der Waals surface area contributed by atoms with Crippen LogP contribution in [0, 0.1) is 12.3 Å². The number of hydroxylamine groups is 1. The van der Waals surface area contributed by atoms with Gasteiger partial charge in [-0.3, -0.25) is 9.73 Å². The number of nitrogens with one attached hydrogen (secondary N) is 3. The Kier molecular flexibility index (Phi) is 8.57. The summed E-state index contributed by atoms with van der Waals surface area (Å²) in [6.45, 7) is 7.61. The van der Waals surface area contributed by atoms with Gasteiger partial charge < -0.3 is 37.8 Å². The number of carbonyl (C=O) groups excluding carboxylic acids is 1. The number of nitrogens with zero attached hydrogens (tertiary/aromatic N) is 4. The highest BCUT2D eigenvalue weighted by Gasteiger charge is 2.32. The van der Waals surface area contributed by atoms with Gasteiger partial charge in [0.05, 0.1) is 11.8 Å². The molecular formula is C23H38N10O3. The van der Waals surface area contributed by atoms with Crippen molar-refractivity contribution in [3.63, 3.8) is 0 Å². The molecule has 2 unspecified atom stereocenters. The maximum atomic E-state index is 12.7. The molecule has 2 aliphatic heterocycles. The van der Waals surface area contributed by atoms with E-state index in [1.165, 1.54) is 0 Å². The van der Waals surface area contributed by atoms with Crippen molar-refractivity contribution in [1.29, 1.82) is 0 Å². The third-order valence-electron chi connectivity index (χ3n) is 6.05. The van der Waals surface area contributed by atoms with Gasteiger partial charge in [-0.1, -0.05) is 25.9 Å². The van der Waals surface area contributed by atoms with E-state index < -0.39 is 23.7 Å².